The second-order valence-corrected chi connectivity index (χ2v) is 3.69. The van der Waals surface area contributed by atoms with Crippen LogP contribution in [0.15, 0.2) is 35.4 Å². The van der Waals surface area contributed by atoms with Crippen molar-refractivity contribution < 1.29 is 4.39 Å². The molecule has 0 aliphatic rings. The van der Waals surface area contributed by atoms with E-state index in [-0.39, 0.29) is 22.7 Å². The van der Waals surface area contributed by atoms with Crippen molar-refractivity contribution in [3.63, 3.8) is 0 Å². The lowest BCUT2D eigenvalue weighted by atomic mass is 10.3. The van der Waals surface area contributed by atoms with Crippen molar-refractivity contribution in [2.75, 3.05) is 5.73 Å². The molecule has 6 nitrogen and oxygen atoms in total. The fourth-order valence-corrected chi connectivity index (χ4v) is 1.82. The molecule has 3 aromatic rings. The zero-order chi connectivity index (χ0) is 12.7. The summed E-state index contributed by atoms with van der Waals surface area (Å²) in [4.78, 5) is 22.1. The molecule has 90 valence electrons. The van der Waals surface area contributed by atoms with Gasteiger partial charge in [-0.3, -0.25) is 9.36 Å². The van der Waals surface area contributed by atoms with Crippen LogP contribution < -0.4 is 11.3 Å². The maximum absolute atomic E-state index is 13.2. The lowest BCUT2D eigenvalue weighted by Crippen LogP contribution is -2.11. The molecule has 0 saturated heterocycles. The molecule has 0 fully saturated rings. The lowest BCUT2D eigenvalue weighted by Gasteiger charge is -2.05. The standard InChI is InChI=1S/C11H8FN5O/c12-6-2-1-3-7(4-6)17-8-9(16-11(17)13)14-5-15-10(8)18/h1-5H,(H3,13,14,15,16,18). The van der Waals surface area contributed by atoms with Gasteiger partial charge in [0, 0.05) is 0 Å². The van der Waals surface area contributed by atoms with Crippen molar-refractivity contribution in [1.82, 2.24) is 19.5 Å². The van der Waals surface area contributed by atoms with Gasteiger partial charge in [-0.15, -0.1) is 0 Å². The van der Waals surface area contributed by atoms with E-state index in [1.54, 1.807) is 6.07 Å². The second-order valence-electron chi connectivity index (χ2n) is 3.69. The number of aromatic nitrogens is 4. The molecule has 0 amide bonds. The number of hydrogen-bond donors (Lipinski definition) is 2. The van der Waals surface area contributed by atoms with Crippen LogP contribution in [0, 0.1) is 5.82 Å². The number of hydrogen-bond acceptors (Lipinski definition) is 4. The molecule has 3 rings (SSSR count). The monoisotopic (exact) mass is 245 g/mol. The number of anilines is 1. The average molecular weight is 245 g/mol. The van der Waals surface area contributed by atoms with Gasteiger partial charge in [-0.25, -0.2) is 9.37 Å². The minimum atomic E-state index is -0.422. The van der Waals surface area contributed by atoms with Gasteiger partial charge in [-0.2, -0.15) is 4.98 Å². The van der Waals surface area contributed by atoms with E-state index < -0.39 is 5.82 Å². The van der Waals surface area contributed by atoms with Gasteiger partial charge in [0.15, 0.2) is 11.2 Å². The number of nitrogens with zero attached hydrogens (tertiary/aromatic N) is 3. The van der Waals surface area contributed by atoms with E-state index in [2.05, 4.69) is 15.0 Å². The average Bonchev–Trinajstić information content (AvgIpc) is 2.67. The molecule has 0 bridgehead atoms. The van der Waals surface area contributed by atoms with Crippen LogP contribution in [0.1, 0.15) is 0 Å². The molecule has 0 saturated carbocycles. The first-order chi connectivity index (χ1) is 8.66. The zero-order valence-corrected chi connectivity index (χ0v) is 9.09. The van der Waals surface area contributed by atoms with Crippen molar-refractivity contribution in [2.24, 2.45) is 0 Å². The first kappa shape index (κ1) is 10.5. The minimum Gasteiger partial charge on any atom is -0.369 e. The van der Waals surface area contributed by atoms with Gasteiger partial charge in [0.25, 0.3) is 5.56 Å². The Balaban J connectivity index is 2.42. The first-order valence-corrected chi connectivity index (χ1v) is 5.14. The summed E-state index contributed by atoms with van der Waals surface area (Å²) in [5.74, 6) is -0.339. The Morgan fingerprint density at radius 2 is 2.22 bits per heavy atom. The number of nitrogens with one attached hydrogen (secondary N) is 1. The highest BCUT2D eigenvalue weighted by atomic mass is 19.1. The van der Waals surface area contributed by atoms with Gasteiger partial charge in [0.05, 0.1) is 12.0 Å². The van der Waals surface area contributed by atoms with Crippen molar-refractivity contribution >= 4 is 17.1 Å². The van der Waals surface area contributed by atoms with Gasteiger partial charge in [0.1, 0.15) is 5.82 Å². The fraction of sp³-hybridized carbons (Fsp3) is 0. The molecule has 2 aromatic heterocycles. The highest BCUT2D eigenvalue weighted by Gasteiger charge is 2.14. The molecule has 18 heavy (non-hydrogen) atoms. The van der Waals surface area contributed by atoms with Crippen molar-refractivity contribution in [3.05, 3.63) is 46.8 Å². The highest BCUT2D eigenvalue weighted by Crippen LogP contribution is 2.19. The molecule has 0 unspecified atom stereocenters. The van der Waals surface area contributed by atoms with Crippen LogP contribution in [-0.4, -0.2) is 19.5 Å². The number of nitrogen functional groups attached to an aromatic ring is 1. The minimum absolute atomic E-state index is 0.0831. The number of imidazole rings is 1. The summed E-state index contributed by atoms with van der Waals surface area (Å²) in [7, 11) is 0. The van der Waals surface area contributed by atoms with Crippen LogP contribution in [-0.2, 0) is 0 Å². The summed E-state index contributed by atoms with van der Waals surface area (Å²) in [6.07, 6.45) is 1.24. The van der Waals surface area contributed by atoms with Crippen LogP contribution in [0.4, 0.5) is 10.3 Å². The number of nitrogens with two attached hydrogens (primary N) is 1. The molecule has 1 aromatic carbocycles. The smallest absolute Gasteiger partial charge is 0.277 e. The molecule has 2 heterocycles. The second kappa shape index (κ2) is 3.66. The van der Waals surface area contributed by atoms with Gasteiger partial charge in [-0.05, 0) is 18.2 Å². The quantitative estimate of drug-likeness (QED) is 0.664. The molecule has 0 aliphatic heterocycles. The molecule has 7 heteroatoms. The Labute approximate surface area is 99.9 Å². The summed E-state index contributed by atoms with van der Waals surface area (Å²) in [5.41, 5.74) is 6.20. The Kier molecular flexibility index (Phi) is 2.12. The summed E-state index contributed by atoms with van der Waals surface area (Å²) >= 11 is 0. The molecule has 3 N–H and O–H groups in total. The van der Waals surface area contributed by atoms with E-state index in [0.29, 0.717) is 5.69 Å². The third-order valence-electron chi connectivity index (χ3n) is 2.55. The summed E-state index contributed by atoms with van der Waals surface area (Å²) in [6, 6.07) is 5.73. The Hall–Kier alpha value is -2.70. The Morgan fingerprint density at radius 3 is 3.00 bits per heavy atom. The van der Waals surface area contributed by atoms with Crippen molar-refractivity contribution in [2.45, 2.75) is 0 Å². The lowest BCUT2D eigenvalue weighted by molar-refractivity contribution is 0.627. The van der Waals surface area contributed by atoms with E-state index in [1.165, 1.54) is 29.1 Å². The number of rotatable bonds is 1. The fourth-order valence-electron chi connectivity index (χ4n) is 1.82. The summed E-state index contributed by atoms with van der Waals surface area (Å²) in [5, 5.41) is 0. The Morgan fingerprint density at radius 1 is 1.39 bits per heavy atom. The van der Waals surface area contributed by atoms with Gasteiger partial charge >= 0.3 is 0 Å². The number of halogens is 1. The predicted octanol–water partition coefficient (Wildman–Crippen LogP) is 0.830. The van der Waals surface area contributed by atoms with Gasteiger partial charge < -0.3 is 10.7 Å². The third kappa shape index (κ3) is 1.45. The van der Waals surface area contributed by atoms with E-state index in [9.17, 15) is 9.18 Å². The third-order valence-corrected chi connectivity index (χ3v) is 2.55. The maximum Gasteiger partial charge on any atom is 0.277 e. The number of H-pyrrole nitrogens is 1. The molecule has 0 atom stereocenters. The number of aromatic amines is 1. The van der Waals surface area contributed by atoms with Crippen LogP contribution in [0.3, 0.4) is 0 Å². The Bertz CT molecular complexity index is 791. The molecule has 0 spiro atoms. The van der Waals surface area contributed by atoms with E-state index >= 15 is 0 Å². The normalized spacial score (nSPS) is 10.9. The van der Waals surface area contributed by atoms with Gasteiger partial charge in [0.2, 0.25) is 5.95 Å². The number of fused-ring (bicyclic) bond motifs is 1. The summed E-state index contributed by atoms with van der Waals surface area (Å²) < 4.78 is 14.6. The van der Waals surface area contributed by atoms with Crippen molar-refractivity contribution in [3.8, 4) is 5.69 Å². The van der Waals surface area contributed by atoms with Crippen LogP contribution >= 0.6 is 0 Å². The van der Waals surface area contributed by atoms with Crippen molar-refractivity contribution in [1.29, 1.82) is 0 Å². The molecule has 0 aliphatic carbocycles. The molecule has 0 radical (unpaired) electrons. The van der Waals surface area contributed by atoms with Gasteiger partial charge in [-0.1, -0.05) is 6.07 Å². The molecular weight excluding hydrogens is 237 g/mol. The molecular formula is C11H8FN5O. The predicted molar refractivity (Wildman–Crippen MR) is 63.9 cm³/mol. The highest BCUT2D eigenvalue weighted by molar-refractivity contribution is 5.75. The van der Waals surface area contributed by atoms with E-state index in [0.717, 1.165) is 0 Å². The van der Waals surface area contributed by atoms with Crippen LogP contribution in [0.2, 0.25) is 0 Å². The summed E-state index contributed by atoms with van der Waals surface area (Å²) in [6.45, 7) is 0. The zero-order valence-electron chi connectivity index (χ0n) is 9.09. The van der Waals surface area contributed by atoms with E-state index in [1.807, 2.05) is 0 Å². The number of benzene rings is 1. The first-order valence-electron chi connectivity index (χ1n) is 5.14. The van der Waals surface area contributed by atoms with E-state index in [4.69, 9.17) is 5.73 Å². The largest absolute Gasteiger partial charge is 0.369 e. The topological polar surface area (TPSA) is 89.6 Å². The SMILES string of the molecule is Nc1nc2nc[nH]c(=O)c2n1-c1cccc(F)c1. The van der Waals surface area contributed by atoms with Crippen LogP contribution in [0.5, 0.6) is 0 Å². The van der Waals surface area contributed by atoms with Crippen LogP contribution in [0.25, 0.3) is 16.9 Å². The maximum atomic E-state index is 13.2.